The monoisotopic (exact) mass is 293 g/mol. The van der Waals surface area contributed by atoms with Gasteiger partial charge in [-0.2, -0.15) is 5.10 Å². The minimum Gasteiger partial charge on any atom is -0.268 e. The maximum Gasteiger partial charge on any atom is 0.266 e. The molecule has 0 aliphatic carbocycles. The number of benzene rings is 1. The van der Waals surface area contributed by atoms with Crippen molar-refractivity contribution in [1.29, 1.82) is 0 Å². The molecule has 0 aliphatic heterocycles. The van der Waals surface area contributed by atoms with Crippen molar-refractivity contribution in [2.24, 2.45) is 0 Å². The fourth-order valence-corrected chi connectivity index (χ4v) is 2.17. The molecule has 1 heterocycles. The Balaban J connectivity index is 2.20. The third-order valence-corrected chi connectivity index (χ3v) is 3.35. The van der Waals surface area contributed by atoms with Crippen LogP contribution in [0, 0.1) is 0 Å². The molecule has 0 bridgehead atoms. The summed E-state index contributed by atoms with van der Waals surface area (Å²) in [6.45, 7) is 0.316. The van der Waals surface area contributed by atoms with Gasteiger partial charge >= 0.3 is 0 Å². The van der Waals surface area contributed by atoms with Gasteiger partial charge in [-0.3, -0.25) is 4.79 Å². The molecule has 0 saturated heterocycles. The molecule has 1 aromatic carbocycles. The third-order valence-electron chi connectivity index (χ3n) is 2.62. The molecule has 0 unspecified atom stereocenters. The molecule has 0 saturated carbocycles. The molecule has 6 nitrogen and oxygen atoms in total. The summed E-state index contributed by atoms with van der Waals surface area (Å²) in [5.41, 5.74) is 1.31. The summed E-state index contributed by atoms with van der Waals surface area (Å²) in [5, 5.41) is 4.23. The van der Waals surface area contributed by atoms with E-state index in [2.05, 4.69) is 9.82 Å². The van der Waals surface area contributed by atoms with E-state index in [0.29, 0.717) is 5.69 Å². The van der Waals surface area contributed by atoms with E-state index < -0.39 is 10.0 Å². The summed E-state index contributed by atoms with van der Waals surface area (Å²) in [4.78, 5) is 11.7. The number of nitrogens with one attached hydrogen (secondary N) is 1. The molecular weight excluding hydrogens is 278 g/mol. The minimum absolute atomic E-state index is 0.129. The van der Waals surface area contributed by atoms with Gasteiger partial charge in [0.05, 0.1) is 18.5 Å². The minimum atomic E-state index is -3.26. The smallest absolute Gasteiger partial charge is 0.266 e. The van der Waals surface area contributed by atoms with E-state index in [0.717, 1.165) is 11.8 Å². The van der Waals surface area contributed by atoms with Crippen LogP contribution in [0.1, 0.15) is 0 Å². The SMILES string of the molecule is CS(=O)(=O)NCCn1nc(-c2ccccc2)ccc1=O. The molecule has 2 aromatic rings. The standard InChI is InChI=1S/C13H15N3O3S/c1-20(18,19)14-9-10-16-13(17)8-7-12(15-16)11-5-3-2-4-6-11/h2-8,14H,9-10H2,1H3. The second-order valence-electron chi connectivity index (χ2n) is 4.31. The molecule has 0 atom stereocenters. The van der Waals surface area contributed by atoms with Gasteiger partial charge in [-0.15, -0.1) is 0 Å². The molecule has 0 spiro atoms. The van der Waals surface area contributed by atoms with E-state index in [9.17, 15) is 13.2 Å². The zero-order chi connectivity index (χ0) is 14.6. The number of hydrogen-bond acceptors (Lipinski definition) is 4. The van der Waals surface area contributed by atoms with Gasteiger partial charge in [0.25, 0.3) is 5.56 Å². The first kappa shape index (κ1) is 14.4. The summed E-state index contributed by atoms with van der Waals surface area (Å²) in [6, 6.07) is 12.5. The highest BCUT2D eigenvalue weighted by Crippen LogP contribution is 2.13. The number of aromatic nitrogens is 2. The molecule has 20 heavy (non-hydrogen) atoms. The van der Waals surface area contributed by atoms with Gasteiger partial charge in [-0.05, 0) is 6.07 Å². The Bertz CT molecular complexity index is 739. The van der Waals surface area contributed by atoms with Crippen LogP contribution in [0.15, 0.2) is 47.3 Å². The Morgan fingerprint density at radius 3 is 2.50 bits per heavy atom. The van der Waals surface area contributed by atoms with Crippen molar-refractivity contribution in [2.45, 2.75) is 6.54 Å². The lowest BCUT2D eigenvalue weighted by molar-refractivity contribution is 0.552. The molecule has 1 aromatic heterocycles. The van der Waals surface area contributed by atoms with Crippen molar-refractivity contribution in [1.82, 2.24) is 14.5 Å². The Morgan fingerprint density at radius 1 is 1.15 bits per heavy atom. The fourth-order valence-electron chi connectivity index (χ4n) is 1.71. The molecule has 0 aliphatic rings. The summed E-state index contributed by atoms with van der Waals surface area (Å²) in [5.74, 6) is 0. The van der Waals surface area contributed by atoms with Crippen molar-refractivity contribution in [3.63, 3.8) is 0 Å². The third kappa shape index (κ3) is 4.01. The predicted octanol–water partition coefficient (Wildman–Crippen LogP) is 0.459. The first-order valence-electron chi connectivity index (χ1n) is 6.04. The number of sulfonamides is 1. The average molecular weight is 293 g/mol. The fraction of sp³-hybridized carbons (Fsp3) is 0.231. The second-order valence-corrected chi connectivity index (χ2v) is 6.15. The van der Waals surface area contributed by atoms with Gasteiger partial charge in [0.15, 0.2) is 0 Å². The van der Waals surface area contributed by atoms with Crippen LogP contribution in [-0.4, -0.2) is 31.0 Å². The van der Waals surface area contributed by atoms with Gasteiger partial charge < -0.3 is 0 Å². The lowest BCUT2D eigenvalue weighted by Crippen LogP contribution is -2.31. The Labute approximate surface area is 117 Å². The molecule has 1 N–H and O–H groups in total. The van der Waals surface area contributed by atoms with Gasteiger partial charge in [0.1, 0.15) is 0 Å². The van der Waals surface area contributed by atoms with Gasteiger partial charge in [-0.1, -0.05) is 30.3 Å². The van der Waals surface area contributed by atoms with Crippen LogP contribution in [0.3, 0.4) is 0 Å². The summed E-state index contributed by atoms with van der Waals surface area (Å²) in [6.07, 6.45) is 1.07. The van der Waals surface area contributed by atoms with Crippen molar-refractivity contribution in [3.05, 3.63) is 52.8 Å². The van der Waals surface area contributed by atoms with Crippen molar-refractivity contribution >= 4 is 10.0 Å². The van der Waals surface area contributed by atoms with Crippen molar-refractivity contribution in [2.75, 3.05) is 12.8 Å². The Kier molecular flexibility index (Phi) is 4.31. The van der Waals surface area contributed by atoms with Gasteiger partial charge in [0.2, 0.25) is 10.0 Å². The van der Waals surface area contributed by atoms with E-state index >= 15 is 0 Å². The number of rotatable bonds is 5. The van der Waals surface area contributed by atoms with Gasteiger partial charge in [-0.25, -0.2) is 17.8 Å². The van der Waals surface area contributed by atoms with Crippen LogP contribution in [0.2, 0.25) is 0 Å². The van der Waals surface area contributed by atoms with Crippen LogP contribution >= 0.6 is 0 Å². The van der Waals surface area contributed by atoms with E-state index in [4.69, 9.17) is 0 Å². The van der Waals surface area contributed by atoms with Crippen molar-refractivity contribution < 1.29 is 8.42 Å². The van der Waals surface area contributed by atoms with E-state index in [1.807, 2.05) is 30.3 Å². The number of hydrogen-bond donors (Lipinski definition) is 1. The highest BCUT2D eigenvalue weighted by Gasteiger charge is 2.04. The molecule has 0 amide bonds. The molecular formula is C13H15N3O3S. The van der Waals surface area contributed by atoms with Crippen LogP contribution in [0.25, 0.3) is 11.3 Å². The highest BCUT2D eigenvalue weighted by atomic mass is 32.2. The number of nitrogens with zero attached hydrogens (tertiary/aromatic N) is 2. The lowest BCUT2D eigenvalue weighted by Gasteiger charge is -2.07. The maximum atomic E-state index is 11.7. The predicted molar refractivity (Wildman–Crippen MR) is 76.8 cm³/mol. The molecule has 2 rings (SSSR count). The maximum absolute atomic E-state index is 11.7. The van der Waals surface area contributed by atoms with Crippen LogP contribution < -0.4 is 10.3 Å². The lowest BCUT2D eigenvalue weighted by atomic mass is 10.1. The normalized spacial score (nSPS) is 11.4. The first-order valence-corrected chi connectivity index (χ1v) is 7.93. The summed E-state index contributed by atoms with van der Waals surface area (Å²) >= 11 is 0. The first-order chi connectivity index (χ1) is 9.46. The van der Waals surface area contributed by atoms with Gasteiger partial charge in [0, 0.05) is 18.2 Å². The van der Waals surface area contributed by atoms with Crippen LogP contribution in [0.4, 0.5) is 0 Å². The quantitative estimate of drug-likeness (QED) is 0.868. The molecule has 7 heteroatoms. The van der Waals surface area contributed by atoms with E-state index in [-0.39, 0.29) is 18.6 Å². The second kappa shape index (κ2) is 5.98. The topological polar surface area (TPSA) is 81.1 Å². The highest BCUT2D eigenvalue weighted by molar-refractivity contribution is 7.88. The van der Waals surface area contributed by atoms with Crippen LogP contribution in [-0.2, 0) is 16.6 Å². The largest absolute Gasteiger partial charge is 0.268 e. The summed E-state index contributed by atoms with van der Waals surface area (Å²) in [7, 11) is -3.26. The Morgan fingerprint density at radius 2 is 1.85 bits per heavy atom. The van der Waals surface area contributed by atoms with E-state index in [1.54, 1.807) is 6.07 Å². The van der Waals surface area contributed by atoms with Crippen molar-refractivity contribution in [3.8, 4) is 11.3 Å². The average Bonchev–Trinajstić information content (AvgIpc) is 2.40. The zero-order valence-corrected chi connectivity index (χ0v) is 11.8. The van der Waals surface area contributed by atoms with E-state index in [1.165, 1.54) is 10.7 Å². The Hall–Kier alpha value is -1.99. The molecule has 0 fully saturated rings. The summed E-state index contributed by atoms with van der Waals surface area (Å²) < 4.78 is 25.5. The zero-order valence-electron chi connectivity index (χ0n) is 11.0. The molecule has 0 radical (unpaired) electrons. The van der Waals surface area contributed by atoms with Crippen LogP contribution in [0.5, 0.6) is 0 Å². The molecule has 106 valence electrons.